The molecule has 1 heterocycles. The number of nitrogens with two attached hydrogens (primary N) is 1. The van der Waals surface area contributed by atoms with Crippen LogP contribution in [-0.4, -0.2) is 31.2 Å². The molecular formula is C14H21N3O3S. The van der Waals surface area contributed by atoms with Crippen molar-refractivity contribution in [1.29, 1.82) is 0 Å². The van der Waals surface area contributed by atoms with Crippen molar-refractivity contribution in [3.63, 3.8) is 0 Å². The first kappa shape index (κ1) is 15.9. The number of hydrogen-bond donors (Lipinski definition) is 2. The summed E-state index contributed by atoms with van der Waals surface area (Å²) in [4.78, 5) is 11.6. The zero-order valence-electron chi connectivity index (χ0n) is 12.0. The van der Waals surface area contributed by atoms with Crippen LogP contribution in [0, 0.1) is 0 Å². The Kier molecular flexibility index (Phi) is 4.97. The fourth-order valence-corrected chi connectivity index (χ4v) is 4.22. The lowest BCUT2D eigenvalue weighted by Crippen LogP contribution is -2.50. The number of amides is 1. The Balaban J connectivity index is 2.22. The number of nitrogens with zero attached hydrogens (tertiary/aromatic N) is 1. The third-order valence-corrected chi connectivity index (χ3v) is 5.43. The number of rotatable bonds is 5. The van der Waals surface area contributed by atoms with E-state index in [9.17, 15) is 13.2 Å². The highest BCUT2D eigenvalue weighted by molar-refractivity contribution is 7.87. The second-order valence-corrected chi connectivity index (χ2v) is 6.98. The Hall–Kier alpha value is -1.44. The lowest BCUT2D eigenvalue weighted by molar-refractivity contribution is -0.119. The van der Waals surface area contributed by atoms with Crippen LogP contribution < -0.4 is 10.5 Å². The van der Waals surface area contributed by atoms with Crippen LogP contribution in [0.4, 0.5) is 0 Å². The van der Waals surface area contributed by atoms with Gasteiger partial charge in [0.05, 0.1) is 0 Å². The van der Waals surface area contributed by atoms with Gasteiger partial charge in [0.2, 0.25) is 5.91 Å². The van der Waals surface area contributed by atoms with E-state index < -0.39 is 22.2 Å². The Morgan fingerprint density at radius 2 is 2.00 bits per heavy atom. The van der Waals surface area contributed by atoms with Gasteiger partial charge in [0.25, 0.3) is 10.2 Å². The SMILES string of the molecule is C[C@@H]1CCCCN1S(=O)(=O)N[C@@H](C(N)=O)c1ccccc1. The third-order valence-electron chi connectivity index (χ3n) is 3.73. The van der Waals surface area contributed by atoms with E-state index in [0.717, 1.165) is 19.3 Å². The normalized spacial score (nSPS) is 21.9. The molecule has 0 radical (unpaired) electrons. The van der Waals surface area contributed by atoms with Gasteiger partial charge in [-0.25, -0.2) is 0 Å². The summed E-state index contributed by atoms with van der Waals surface area (Å²) in [5, 5.41) is 0. The maximum Gasteiger partial charge on any atom is 0.280 e. The molecule has 0 unspecified atom stereocenters. The number of nitrogens with one attached hydrogen (secondary N) is 1. The van der Waals surface area contributed by atoms with E-state index in [4.69, 9.17) is 5.73 Å². The van der Waals surface area contributed by atoms with Crippen LogP contribution in [-0.2, 0) is 15.0 Å². The number of hydrogen-bond acceptors (Lipinski definition) is 3. The van der Waals surface area contributed by atoms with Crippen LogP contribution in [0.25, 0.3) is 0 Å². The maximum atomic E-state index is 12.5. The van der Waals surface area contributed by atoms with Gasteiger partial charge in [0.1, 0.15) is 6.04 Å². The van der Waals surface area contributed by atoms with E-state index in [1.54, 1.807) is 30.3 Å². The smallest absolute Gasteiger partial charge is 0.280 e. The molecule has 0 saturated carbocycles. The number of benzene rings is 1. The van der Waals surface area contributed by atoms with Crippen molar-refractivity contribution in [2.75, 3.05) is 6.54 Å². The summed E-state index contributed by atoms with van der Waals surface area (Å²) in [6.07, 6.45) is 2.68. The first-order valence-electron chi connectivity index (χ1n) is 7.05. The molecule has 0 aliphatic carbocycles. The molecule has 1 aromatic rings. The van der Waals surface area contributed by atoms with Crippen molar-refractivity contribution in [3.05, 3.63) is 35.9 Å². The highest BCUT2D eigenvalue weighted by atomic mass is 32.2. The van der Waals surface area contributed by atoms with Crippen molar-refractivity contribution < 1.29 is 13.2 Å². The van der Waals surface area contributed by atoms with Crippen molar-refractivity contribution in [2.24, 2.45) is 5.73 Å². The van der Waals surface area contributed by atoms with Gasteiger partial charge in [-0.3, -0.25) is 4.79 Å². The second-order valence-electron chi connectivity index (χ2n) is 5.32. The van der Waals surface area contributed by atoms with Gasteiger partial charge in [-0.15, -0.1) is 0 Å². The summed E-state index contributed by atoms with van der Waals surface area (Å²) in [6.45, 7) is 2.34. The molecule has 6 nitrogen and oxygen atoms in total. The molecule has 2 rings (SSSR count). The zero-order chi connectivity index (χ0) is 15.5. The molecule has 1 aliphatic rings. The Labute approximate surface area is 125 Å². The maximum absolute atomic E-state index is 12.5. The van der Waals surface area contributed by atoms with Gasteiger partial charge >= 0.3 is 0 Å². The van der Waals surface area contributed by atoms with E-state index in [1.165, 1.54) is 4.31 Å². The molecule has 1 amide bonds. The number of piperidine rings is 1. The number of primary amides is 1. The molecule has 1 fully saturated rings. The zero-order valence-corrected chi connectivity index (χ0v) is 12.8. The quantitative estimate of drug-likeness (QED) is 0.847. The van der Waals surface area contributed by atoms with Crippen LogP contribution in [0.2, 0.25) is 0 Å². The molecule has 2 atom stereocenters. The van der Waals surface area contributed by atoms with E-state index >= 15 is 0 Å². The minimum absolute atomic E-state index is 0.0689. The number of carbonyl (C=O) groups is 1. The van der Waals surface area contributed by atoms with Gasteiger partial charge in [0, 0.05) is 12.6 Å². The summed E-state index contributed by atoms with van der Waals surface area (Å²) >= 11 is 0. The lowest BCUT2D eigenvalue weighted by atomic mass is 10.1. The average molecular weight is 311 g/mol. The van der Waals surface area contributed by atoms with E-state index in [1.807, 2.05) is 6.92 Å². The Morgan fingerprint density at radius 1 is 1.33 bits per heavy atom. The minimum Gasteiger partial charge on any atom is -0.368 e. The fraction of sp³-hybridized carbons (Fsp3) is 0.500. The average Bonchev–Trinajstić information content (AvgIpc) is 2.46. The van der Waals surface area contributed by atoms with E-state index in [-0.39, 0.29) is 6.04 Å². The number of carbonyl (C=O) groups excluding carboxylic acids is 1. The largest absolute Gasteiger partial charge is 0.368 e. The molecule has 0 bridgehead atoms. The second kappa shape index (κ2) is 6.55. The van der Waals surface area contributed by atoms with Crippen LogP contribution >= 0.6 is 0 Å². The highest BCUT2D eigenvalue weighted by Crippen LogP contribution is 2.21. The summed E-state index contributed by atoms with van der Waals surface area (Å²) in [7, 11) is -3.74. The third kappa shape index (κ3) is 3.81. The summed E-state index contributed by atoms with van der Waals surface area (Å²) in [5.74, 6) is -0.713. The Morgan fingerprint density at radius 3 is 2.57 bits per heavy atom. The molecule has 0 aromatic heterocycles. The van der Waals surface area contributed by atoms with Gasteiger partial charge in [-0.05, 0) is 25.3 Å². The molecule has 116 valence electrons. The predicted molar refractivity (Wildman–Crippen MR) is 80.5 cm³/mol. The van der Waals surface area contributed by atoms with Crippen LogP contribution in [0.5, 0.6) is 0 Å². The van der Waals surface area contributed by atoms with Crippen molar-refractivity contribution in [2.45, 2.75) is 38.3 Å². The van der Waals surface area contributed by atoms with Crippen molar-refractivity contribution in [3.8, 4) is 0 Å². The molecule has 1 aromatic carbocycles. The van der Waals surface area contributed by atoms with Crippen molar-refractivity contribution in [1.82, 2.24) is 9.03 Å². The molecule has 1 aliphatic heterocycles. The van der Waals surface area contributed by atoms with E-state index in [0.29, 0.717) is 12.1 Å². The first-order chi connectivity index (χ1) is 9.92. The summed E-state index contributed by atoms with van der Waals surface area (Å²) < 4.78 is 28.8. The van der Waals surface area contributed by atoms with E-state index in [2.05, 4.69) is 4.72 Å². The molecule has 1 saturated heterocycles. The molecule has 0 spiro atoms. The predicted octanol–water partition coefficient (Wildman–Crippen LogP) is 0.922. The monoisotopic (exact) mass is 311 g/mol. The fourth-order valence-electron chi connectivity index (χ4n) is 2.58. The topological polar surface area (TPSA) is 92.5 Å². The minimum atomic E-state index is -3.74. The molecule has 3 N–H and O–H groups in total. The van der Waals surface area contributed by atoms with Gasteiger partial charge in [0.15, 0.2) is 0 Å². The summed E-state index contributed by atoms with van der Waals surface area (Å²) in [5.41, 5.74) is 5.90. The molecular weight excluding hydrogens is 290 g/mol. The van der Waals surface area contributed by atoms with Crippen molar-refractivity contribution >= 4 is 16.1 Å². The first-order valence-corrected chi connectivity index (χ1v) is 8.49. The van der Waals surface area contributed by atoms with Crippen LogP contribution in [0.1, 0.15) is 37.8 Å². The Bertz CT molecular complexity index is 589. The standard InChI is InChI=1S/C14H21N3O3S/c1-11-7-5-6-10-17(11)21(19,20)16-13(14(15)18)12-8-3-2-4-9-12/h2-4,8-9,11,13,16H,5-7,10H2,1H3,(H2,15,18)/t11-,13-/m1/s1. The van der Waals surface area contributed by atoms with Gasteiger partial charge < -0.3 is 5.73 Å². The van der Waals surface area contributed by atoms with Crippen LogP contribution in [0.15, 0.2) is 30.3 Å². The van der Waals surface area contributed by atoms with Gasteiger partial charge in [-0.2, -0.15) is 17.4 Å². The van der Waals surface area contributed by atoms with Crippen LogP contribution in [0.3, 0.4) is 0 Å². The van der Waals surface area contributed by atoms with Gasteiger partial charge in [-0.1, -0.05) is 36.8 Å². The molecule has 21 heavy (non-hydrogen) atoms. The summed E-state index contributed by atoms with van der Waals surface area (Å²) in [6, 6.07) is 7.51. The molecule has 7 heteroatoms. The lowest BCUT2D eigenvalue weighted by Gasteiger charge is -2.33. The highest BCUT2D eigenvalue weighted by Gasteiger charge is 2.33.